The van der Waals surface area contributed by atoms with Crippen molar-refractivity contribution in [2.45, 2.75) is 57.8 Å². The fraction of sp³-hybridized carbons (Fsp3) is 0.316. The normalized spacial score (nSPS) is 14.9. The van der Waals surface area contributed by atoms with Crippen molar-refractivity contribution in [1.82, 2.24) is 14.5 Å². The topological polar surface area (TPSA) is 107 Å². The van der Waals surface area contributed by atoms with Gasteiger partial charge in [-0.05, 0) is 84.0 Å². The fourth-order valence-electron chi connectivity index (χ4n) is 6.36. The fourth-order valence-corrected chi connectivity index (χ4v) is 7.12. The van der Waals surface area contributed by atoms with E-state index in [0.717, 1.165) is 34.5 Å². The van der Waals surface area contributed by atoms with E-state index >= 15 is 0 Å². The number of benzene rings is 2. The molecule has 1 saturated carbocycles. The summed E-state index contributed by atoms with van der Waals surface area (Å²) < 4.78 is 14.3. The van der Waals surface area contributed by atoms with Crippen LogP contribution in [0.4, 0.5) is 5.69 Å². The van der Waals surface area contributed by atoms with Crippen molar-refractivity contribution in [3.8, 4) is 28.3 Å². The maximum absolute atomic E-state index is 14.0. The first-order valence-corrected chi connectivity index (χ1v) is 20.3. The number of pyridine rings is 2. The number of aliphatic hydroxyl groups excluding tert-OH is 1. The van der Waals surface area contributed by atoms with Crippen LogP contribution in [0.1, 0.15) is 50.6 Å². The minimum Gasteiger partial charge on any atom is -0.491 e. The molecule has 1 N–H and O–H groups in total. The number of carbonyl (C=O) groups is 2. The Morgan fingerprint density at radius 1 is 1.02 bits per heavy atom. The second-order valence-corrected chi connectivity index (χ2v) is 19.4. The van der Waals surface area contributed by atoms with E-state index in [1.165, 1.54) is 18.4 Å². The molecule has 0 atom stereocenters. The van der Waals surface area contributed by atoms with Gasteiger partial charge in [0.25, 0.3) is 5.91 Å². The first kappa shape index (κ1) is 31.9. The number of hydrogen-bond donors (Lipinski definition) is 1. The van der Waals surface area contributed by atoms with E-state index in [1.54, 1.807) is 23.4 Å². The molecular weight excluding hydrogens is 621 g/mol. The molecule has 0 spiro atoms. The highest BCUT2D eigenvalue weighted by Crippen LogP contribution is 2.43. The number of rotatable bonds is 11. The summed E-state index contributed by atoms with van der Waals surface area (Å²) in [6.45, 7) is 8.32. The van der Waals surface area contributed by atoms with Gasteiger partial charge in [0.2, 0.25) is 0 Å². The molecular formula is C38H40N4O5Si. The molecule has 2 aliphatic rings. The van der Waals surface area contributed by atoms with E-state index in [0.29, 0.717) is 65.1 Å². The molecule has 1 amide bonds. The van der Waals surface area contributed by atoms with Crippen molar-refractivity contribution < 1.29 is 24.2 Å². The van der Waals surface area contributed by atoms with E-state index < -0.39 is 8.07 Å². The van der Waals surface area contributed by atoms with Crippen molar-refractivity contribution in [2.24, 2.45) is 0 Å². The quantitative estimate of drug-likeness (QED) is 0.0900. The maximum Gasteiger partial charge on any atom is 0.262 e. The van der Waals surface area contributed by atoms with E-state index in [1.807, 2.05) is 59.2 Å². The highest BCUT2D eigenvalue weighted by molar-refractivity contribution is 6.76. The molecule has 0 saturated heterocycles. The average Bonchev–Trinajstić information content (AvgIpc) is 3.90. The highest BCUT2D eigenvalue weighted by Gasteiger charge is 2.30. The molecule has 4 heterocycles. The largest absolute Gasteiger partial charge is 0.491 e. The minimum atomic E-state index is -1.29. The summed E-state index contributed by atoms with van der Waals surface area (Å²) in [5, 5.41) is 11.7. The Morgan fingerprint density at radius 3 is 2.60 bits per heavy atom. The number of hydrogen-bond acceptors (Lipinski definition) is 7. The van der Waals surface area contributed by atoms with Gasteiger partial charge in [-0.25, -0.2) is 4.98 Å². The average molecular weight is 661 g/mol. The zero-order valence-electron chi connectivity index (χ0n) is 27.6. The summed E-state index contributed by atoms with van der Waals surface area (Å²) in [5.41, 5.74) is 7.41. The summed E-state index contributed by atoms with van der Waals surface area (Å²) in [6, 6.07) is 20.3. The Labute approximate surface area is 281 Å². The van der Waals surface area contributed by atoms with E-state index in [2.05, 4.69) is 24.6 Å². The van der Waals surface area contributed by atoms with Gasteiger partial charge in [-0.1, -0.05) is 37.8 Å². The van der Waals surface area contributed by atoms with Crippen molar-refractivity contribution in [2.75, 3.05) is 24.7 Å². The van der Waals surface area contributed by atoms with Crippen molar-refractivity contribution in [3.05, 3.63) is 95.3 Å². The third-order valence-corrected chi connectivity index (χ3v) is 10.9. The number of ether oxygens (including phenoxy) is 2. The summed E-state index contributed by atoms with van der Waals surface area (Å²) in [4.78, 5) is 36.4. The molecule has 0 bridgehead atoms. The molecule has 2 aromatic carbocycles. The maximum atomic E-state index is 14.0. The molecule has 1 fully saturated rings. The van der Waals surface area contributed by atoms with Crippen molar-refractivity contribution in [1.29, 1.82) is 0 Å². The van der Waals surface area contributed by atoms with Gasteiger partial charge in [-0.2, -0.15) is 0 Å². The van der Waals surface area contributed by atoms with Crippen LogP contribution in [0.5, 0.6) is 5.75 Å². The lowest BCUT2D eigenvalue weighted by molar-refractivity contribution is 0.0908. The highest BCUT2D eigenvalue weighted by atomic mass is 28.3. The molecule has 0 unspecified atom stereocenters. The van der Waals surface area contributed by atoms with Crippen molar-refractivity contribution >= 4 is 37.0 Å². The monoisotopic (exact) mass is 660 g/mol. The predicted octanol–water partition coefficient (Wildman–Crippen LogP) is 7.30. The second-order valence-electron chi connectivity index (χ2n) is 13.8. The molecule has 1 aliphatic heterocycles. The zero-order valence-corrected chi connectivity index (χ0v) is 28.6. The summed E-state index contributed by atoms with van der Waals surface area (Å²) in [5.74, 6) is 1.03. The molecule has 10 heteroatoms. The van der Waals surface area contributed by atoms with Gasteiger partial charge in [0.15, 0.2) is 6.29 Å². The van der Waals surface area contributed by atoms with Gasteiger partial charge < -0.3 is 19.5 Å². The second kappa shape index (κ2) is 13.1. The molecule has 1 aliphatic carbocycles. The number of carbonyl (C=O) groups excluding carboxylic acids is 2. The Kier molecular flexibility index (Phi) is 8.72. The number of anilines is 1. The lowest BCUT2D eigenvalue weighted by Crippen LogP contribution is -2.33. The van der Waals surface area contributed by atoms with Crippen LogP contribution in [-0.2, 0) is 18.1 Å². The minimum absolute atomic E-state index is 0.148. The molecule has 0 radical (unpaired) electrons. The number of amides is 1. The first-order valence-electron chi connectivity index (χ1n) is 16.5. The number of aldehydes is 1. The van der Waals surface area contributed by atoms with Gasteiger partial charge in [0, 0.05) is 43.6 Å². The van der Waals surface area contributed by atoms with Crippen LogP contribution in [0.2, 0.25) is 25.7 Å². The lowest BCUT2D eigenvalue weighted by atomic mass is 9.96. The summed E-state index contributed by atoms with van der Waals surface area (Å²) in [7, 11) is -1.29. The number of aliphatic hydroxyl groups is 1. The summed E-state index contributed by atoms with van der Waals surface area (Å²) in [6.07, 6.45) is 6.45. The van der Waals surface area contributed by atoms with Crippen LogP contribution in [0.15, 0.2) is 73.1 Å². The molecule has 3 aromatic heterocycles. The molecule has 5 aromatic rings. The Bertz CT molecular complexity index is 2000. The molecule has 246 valence electrons. The number of nitrogens with zero attached hydrogens (tertiary/aromatic N) is 4. The first-order chi connectivity index (χ1) is 23.3. The third kappa shape index (κ3) is 6.31. The molecule has 9 nitrogen and oxygen atoms in total. The number of aromatic nitrogens is 3. The van der Waals surface area contributed by atoms with Gasteiger partial charge in [0.1, 0.15) is 24.7 Å². The standard InChI is InChI=1S/C38H40N4O5Si/c1-48(2,3)18-17-46-24-42-35(33-12-7-25(22-43)21-40-33)20-31-29(13-14-39-37(31)42)28-5-4-6-34(32(28)23-44)41-15-16-47-36-19-27(26-8-9-26)10-11-30(36)38(41)45/h4-7,10-14,19-22,26,44H,8-9,15-18,23-24H2,1-3H3. The van der Waals surface area contributed by atoms with Crippen molar-refractivity contribution in [3.63, 3.8) is 0 Å². The number of fused-ring (bicyclic) bond motifs is 2. The van der Waals surface area contributed by atoms with Crippen LogP contribution >= 0.6 is 0 Å². The SMILES string of the molecule is C[Si](C)(C)CCOCn1c(-c2ccc(C=O)cn2)cc2c(-c3cccc(N4CCOc5cc(C6CC6)ccc5C4=O)c3CO)ccnc21. The van der Waals surface area contributed by atoms with Gasteiger partial charge in [-0.15, -0.1) is 0 Å². The molecule has 7 rings (SSSR count). The van der Waals surface area contributed by atoms with Crippen LogP contribution in [0.3, 0.4) is 0 Å². The Hall–Kier alpha value is -4.64. The van der Waals surface area contributed by atoms with E-state index in [9.17, 15) is 14.7 Å². The predicted molar refractivity (Wildman–Crippen MR) is 189 cm³/mol. The lowest BCUT2D eigenvalue weighted by Gasteiger charge is -2.24. The van der Waals surface area contributed by atoms with Crippen LogP contribution in [0.25, 0.3) is 33.5 Å². The van der Waals surface area contributed by atoms with E-state index in [-0.39, 0.29) is 19.2 Å². The molecule has 48 heavy (non-hydrogen) atoms. The van der Waals surface area contributed by atoms with E-state index in [4.69, 9.17) is 14.5 Å². The van der Waals surface area contributed by atoms with Crippen LogP contribution in [0, 0.1) is 0 Å². The van der Waals surface area contributed by atoms with Crippen LogP contribution in [-0.4, -0.2) is 59.7 Å². The van der Waals surface area contributed by atoms with Crippen LogP contribution < -0.4 is 9.64 Å². The summed E-state index contributed by atoms with van der Waals surface area (Å²) >= 11 is 0. The van der Waals surface area contributed by atoms with Gasteiger partial charge >= 0.3 is 0 Å². The smallest absolute Gasteiger partial charge is 0.262 e. The Morgan fingerprint density at radius 2 is 1.88 bits per heavy atom. The Balaban J connectivity index is 1.30. The third-order valence-electron chi connectivity index (χ3n) is 9.19. The van der Waals surface area contributed by atoms with Gasteiger partial charge in [0.05, 0.1) is 35.8 Å². The van der Waals surface area contributed by atoms with Gasteiger partial charge in [-0.3, -0.25) is 19.1 Å². The zero-order chi connectivity index (χ0) is 33.4.